The molecule has 1 aromatic carbocycles. The van der Waals surface area contributed by atoms with Gasteiger partial charge in [0.05, 0.1) is 12.1 Å². The van der Waals surface area contributed by atoms with E-state index in [4.69, 9.17) is 22.1 Å². The highest BCUT2D eigenvalue weighted by molar-refractivity contribution is 6.32. The summed E-state index contributed by atoms with van der Waals surface area (Å²) >= 11 is 6.24. The number of benzene rings is 1. The van der Waals surface area contributed by atoms with E-state index in [2.05, 4.69) is 6.07 Å². The minimum absolute atomic E-state index is 0.265. The van der Waals surface area contributed by atoms with Gasteiger partial charge in [0.1, 0.15) is 5.75 Å². The first-order chi connectivity index (χ1) is 8.07. The fourth-order valence-electron chi connectivity index (χ4n) is 2.76. The van der Waals surface area contributed by atoms with Gasteiger partial charge in [-0.3, -0.25) is 0 Å². The highest BCUT2D eigenvalue weighted by Gasteiger charge is 2.33. The van der Waals surface area contributed by atoms with Gasteiger partial charge in [0.25, 0.3) is 0 Å². The van der Waals surface area contributed by atoms with Crippen molar-refractivity contribution >= 4 is 11.6 Å². The van der Waals surface area contributed by atoms with Gasteiger partial charge in [-0.2, -0.15) is 0 Å². The third-order valence-electron chi connectivity index (χ3n) is 3.67. The van der Waals surface area contributed by atoms with Crippen LogP contribution in [0.5, 0.6) is 5.75 Å². The average molecular weight is 254 g/mol. The molecule has 2 nitrogen and oxygen atoms in total. The molecule has 3 heteroatoms. The summed E-state index contributed by atoms with van der Waals surface area (Å²) in [7, 11) is 1.66. The maximum Gasteiger partial charge on any atom is 0.142 e. The van der Waals surface area contributed by atoms with E-state index in [0.717, 1.165) is 29.7 Å². The Labute approximate surface area is 108 Å². The number of aryl methyl sites for hydroxylation is 1. The minimum atomic E-state index is -0.265. The monoisotopic (exact) mass is 253 g/mol. The van der Waals surface area contributed by atoms with Crippen LogP contribution in [0.25, 0.3) is 0 Å². The van der Waals surface area contributed by atoms with E-state index in [0.29, 0.717) is 5.02 Å². The van der Waals surface area contributed by atoms with Crippen molar-refractivity contribution in [3.8, 4) is 5.75 Å². The number of nitrogens with two attached hydrogens (primary N) is 1. The molecule has 0 bridgehead atoms. The smallest absolute Gasteiger partial charge is 0.142 e. The molecule has 0 aliphatic heterocycles. The van der Waals surface area contributed by atoms with Crippen molar-refractivity contribution in [3.05, 3.63) is 28.3 Å². The second-order valence-electron chi connectivity index (χ2n) is 5.04. The molecule has 0 heterocycles. The summed E-state index contributed by atoms with van der Waals surface area (Å²) in [4.78, 5) is 0. The van der Waals surface area contributed by atoms with Gasteiger partial charge in [-0.15, -0.1) is 0 Å². The predicted octanol–water partition coefficient (Wildman–Crippen LogP) is 3.78. The van der Waals surface area contributed by atoms with Crippen LogP contribution in [-0.2, 0) is 5.54 Å². The van der Waals surface area contributed by atoms with Crippen LogP contribution < -0.4 is 10.5 Å². The summed E-state index contributed by atoms with van der Waals surface area (Å²) in [6, 6.07) is 4.05. The zero-order valence-corrected chi connectivity index (χ0v) is 11.3. The Kier molecular flexibility index (Phi) is 3.64. The van der Waals surface area contributed by atoms with Crippen molar-refractivity contribution < 1.29 is 4.74 Å². The van der Waals surface area contributed by atoms with Crippen LogP contribution in [0, 0.1) is 6.92 Å². The van der Waals surface area contributed by atoms with Gasteiger partial charge >= 0.3 is 0 Å². The van der Waals surface area contributed by atoms with Gasteiger partial charge in [0.2, 0.25) is 0 Å². The Balaban J connectivity index is 2.49. The molecule has 1 aromatic rings. The van der Waals surface area contributed by atoms with Crippen molar-refractivity contribution in [2.75, 3.05) is 7.11 Å². The van der Waals surface area contributed by atoms with Gasteiger partial charge in [-0.1, -0.05) is 36.9 Å². The van der Waals surface area contributed by atoms with Crippen molar-refractivity contribution in [3.63, 3.8) is 0 Å². The molecule has 0 unspecified atom stereocenters. The Morgan fingerprint density at radius 3 is 2.47 bits per heavy atom. The van der Waals surface area contributed by atoms with Crippen LogP contribution >= 0.6 is 11.6 Å². The lowest BCUT2D eigenvalue weighted by Crippen LogP contribution is -2.39. The van der Waals surface area contributed by atoms with Gasteiger partial charge in [-0.25, -0.2) is 0 Å². The number of rotatable bonds is 2. The minimum Gasteiger partial charge on any atom is -0.495 e. The average Bonchev–Trinajstić information content (AvgIpc) is 2.29. The molecule has 2 rings (SSSR count). The Morgan fingerprint density at radius 1 is 1.24 bits per heavy atom. The molecule has 0 amide bonds. The van der Waals surface area contributed by atoms with Gasteiger partial charge < -0.3 is 10.5 Å². The van der Waals surface area contributed by atoms with E-state index in [1.165, 1.54) is 19.3 Å². The second kappa shape index (κ2) is 4.87. The van der Waals surface area contributed by atoms with Gasteiger partial charge in [-0.05, 0) is 31.4 Å². The largest absolute Gasteiger partial charge is 0.495 e. The lowest BCUT2D eigenvalue weighted by molar-refractivity contribution is 0.289. The molecule has 1 fully saturated rings. The van der Waals surface area contributed by atoms with Crippen LogP contribution in [0.3, 0.4) is 0 Å². The summed E-state index contributed by atoms with van der Waals surface area (Å²) in [5, 5.41) is 0.665. The van der Waals surface area contributed by atoms with Crippen LogP contribution in [-0.4, -0.2) is 7.11 Å². The molecular formula is C14H20ClNO. The topological polar surface area (TPSA) is 35.2 Å². The van der Waals surface area contributed by atoms with Crippen LogP contribution in [0.2, 0.25) is 5.02 Å². The standard InChI is InChI=1S/C14H20ClNO/c1-10-8-11(13(17-2)12(15)9-10)14(16)6-4-3-5-7-14/h8-9H,3-7,16H2,1-2H3. The summed E-state index contributed by atoms with van der Waals surface area (Å²) in [6.45, 7) is 2.04. The number of ether oxygens (including phenoxy) is 1. The number of hydrogen-bond donors (Lipinski definition) is 1. The van der Waals surface area contributed by atoms with Gasteiger partial charge in [0.15, 0.2) is 0 Å². The first-order valence-electron chi connectivity index (χ1n) is 6.20. The first-order valence-corrected chi connectivity index (χ1v) is 6.58. The first kappa shape index (κ1) is 12.7. The zero-order chi connectivity index (χ0) is 12.5. The Morgan fingerprint density at radius 2 is 1.88 bits per heavy atom. The van der Waals surface area contributed by atoms with Crippen LogP contribution in [0.4, 0.5) is 0 Å². The maximum atomic E-state index is 6.56. The third-order valence-corrected chi connectivity index (χ3v) is 3.96. The van der Waals surface area contributed by atoms with Crippen LogP contribution in [0.15, 0.2) is 12.1 Å². The summed E-state index contributed by atoms with van der Waals surface area (Å²) in [5.41, 5.74) is 8.51. The summed E-state index contributed by atoms with van der Waals surface area (Å²) < 4.78 is 5.44. The van der Waals surface area contributed by atoms with E-state index in [-0.39, 0.29) is 5.54 Å². The van der Waals surface area contributed by atoms with Crippen LogP contribution in [0.1, 0.15) is 43.2 Å². The second-order valence-corrected chi connectivity index (χ2v) is 5.45. The maximum absolute atomic E-state index is 6.56. The molecule has 0 spiro atoms. The molecule has 2 N–H and O–H groups in total. The summed E-state index contributed by atoms with van der Waals surface area (Å²) in [5.74, 6) is 0.752. The molecule has 94 valence electrons. The highest BCUT2D eigenvalue weighted by Crippen LogP contribution is 2.42. The Bertz CT molecular complexity index is 411. The van der Waals surface area contributed by atoms with Crippen molar-refractivity contribution in [2.45, 2.75) is 44.6 Å². The van der Waals surface area contributed by atoms with E-state index in [1.807, 2.05) is 13.0 Å². The van der Waals surface area contributed by atoms with E-state index in [1.54, 1.807) is 7.11 Å². The quantitative estimate of drug-likeness (QED) is 0.871. The third kappa shape index (κ3) is 2.43. The number of methoxy groups -OCH3 is 1. The lowest BCUT2D eigenvalue weighted by Gasteiger charge is -2.35. The van der Waals surface area contributed by atoms with Crippen molar-refractivity contribution in [2.24, 2.45) is 5.73 Å². The van der Waals surface area contributed by atoms with Crippen molar-refractivity contribution in [1.29, 1.82) is 0 Å². The SMILES string of the molecule is COc1c(Cl)cc(C)cc1C1(N)CCCCC1. The number of halogens is 1. The fraction of sp³-hybridized carbons (Fsp3) is 0.571. The predicted molar refractivity (Wildman–Crippen MR) is 71.7 cm³/mol. The highest BCUT2D eigenvalue weighted by atomic mass is 35.5. The summed E-state index contributed by atoms with van der Waals surface area (Å²) in [6.07, 6.45) is 5.68. The molecule has 1 saturated carbocycles. The molecule has 1 aliphatic carbocycles. The lowest BCUT2D eigenvalue weighted by atomic mass is 9.77. The molecule has 0 saturated heterocycles. The molecule has 17 heavy (non-hydrogen) atoms. The molecule has 0 radical (unpaired) electrons. The van der Waals surface area contributed by atoms with E-state index >= 15 is 0 Å². The van der Waals surface area contributed by atoms with E-state index < -0.39 is 0 Å². The zero-order valence-electron chi connectivity index (χ0n) is 10.6. The molecule has 1 aliphatic rings. The molecule has 0 atom stereocenters. The van der Waals surface area contributed by atoms with Crippen molar-refractivity contribution in [1.82, 2.24) is 0 Å². The van der Waals surface area contributed by atoms with Gasteiger partial charge in [0, 0.05) is 11.1 Å². The molecular weight excluding hydrogens is 234 g/mol. The molecule has 0 aromatic heterocycles. The fourth-order valence-corrected chi connectivity index (χ4v) is 3.11. The van der Waals surface area contributed by atoms with E-state index in [9.17, 15) is 0 Å². The number of hydrogen-bond acceptors (Lipinski definition) is 2. The normalized spacial score (nSPS) is 19.1. The Hall–Kier alpha value is -0.730.